The Balaban J connectivity index is 1.47. The van der Waals surface area contributed by atoms with Crippen molar-refractivity contribution in [3.63, 3.8) is 0 Å². The molecule has 7 aromatic rings. The lowest BCUT2D eigenvalue weighted by atomic mass is 9.70. The van der Waals surface area contributed by atoms with Gasteiger partial charge in [0.15, 0.2) is 0 Å². The zero-order valence-corrected chi connectivity index (χ0v) is 76.6. The van der Waals surface area contributed by atoms with E-state index in [4.69, 9.17) is 0 Å². The lowest BCUT2D eigenvalue weighted by Gasteiger charge is -2.35. The van der Waals surface area contributed by atoms with Crippen LogP contribution in [0.3, 0.4) is 0 Å². The molecule has 0 saturated heterocycles. The molecule has 0 unspecified atom stereocenters. The van der Waals surface area contributed by atoms with E-state index in [1.54, 1.807) is 0 Å². The van der Waals surface area contributed by atoms with Gasteiger partial charge in [-0.15, -0.1) is 0 Å². The molecule has 0 heterocycles. The van der Waals surface area contributed by atoms with Crippen molar-refractivity contribution in [1.29, 1.82) is 0 Å². The van der Waals surface area contributed by atoms with E-state index in [9.17, 15) is 35.7 Å². The Morgan fingerprint density at radius 1 is 0.162 bits per heavy atom. The highest BCUT2D eigenvalue weighted by atomic mass is 16.3. The Morgan fingerprint density at radius 2 is 0.279 bits per heavy atom. The van der Waals surface area contributed by atoms with E-state index in [1.165, 1.54) is 0 Å². The molecule has 0 spiro atoms. The Labute approximate surface area is 676 Å². The first-order chi connectivity index (χ1) is 49.8. The second kappa shape index (κ2) is 31.7. The summed E-state index contributed by atoms with van der Waals surface area (Å²) in [6, 6.07) is 33.4. The van der Waals surface area contributed by atoms with Crippen LogP contribution in [0.4, 0.5) is 0 Å². The molecule has 111 heavy (non-hydrogen) atoms. The molecule has 0 bridgehead atoms. The predicted molar refractivity (Wildman–Crippen MR) is 473 cm³/mol. The van der Waals surface area contributed by atoms with Gasteiger partial charge in [-0.3, -0.25) is 0 Å². The van der Waals surface area contributed by atoms with E-state index in [0.717, 1.165) is 95.0 Å². The summed E-state index contributed by atoms with van der Waals surface area (Å²) in [6.45, 7) is 79.4. The molecular formula is C104H154O7. The summed E-state index contributed by atoms with van der Waals surface area (Å²) < 4.78 is 0. The SMILES string of the molecule is CC(C)(C)CC(C)(C)c1ccc(O)c(Cc2cc(C(C)(C)CC(C)(C)C)cc(Cc3cc(C(C)(C)CC(C)(C)C)cc(Cc4cc(C(C)(C)CC(C)(C)C)cc(Cc5cc(C(C)(C)CC(C)(C)C)cc(Cc6cc(C(C)(C)CC(C)(C)C)cc(Cc7cc(C(C)(C)CC(C)(C)C)ccc7O)c6O)c5O)c4O)c3O)c2O)c1. The van der Waals surface area contributed by atoms with Crippen LogP contribution in [0.2, 0.25) is 0 Å². The average molecular weight is 1520 g/mol. The molecule has 0 aliphatic rings. The second-order valence-electron chi connectivity index (χ2n) is 47.8. The lowest BCUT2D eigenvalue weighted by Crippen LogP contribution is -2.26. The van der Waals surface area contributed by atoms with Crippen LogP contribution >= 0.6 is 0 Å². The molecule has 0 radical (unpaired) electrons. The van der Waals surface area contributed by atoms with Gasteiger partial charge in [0, 0.05) is 38.5 Å². The molecule has 0 aliphatic carbocycles. The molecule has 0 atom stereocenters. The van der Waals surface area contributed by atoms with Crippen LogP contribution in [-0.2, 0) is 76.4 Å². The van der Waals surface area contributed by atoms with E-state index in [1.807, 2.05) is 24.3 Å². The zero-order chi connectivity index (χ0) is 84.5. The standard InChI is InChI=1S/C104H154O7/c1-91(2,3)58-98(22,23)77-36-38-84(105)65(46-77)40-67-48-79(100(26,27)60-93(7,8)9)50-69(86(67)107)42-71-52-81(102(30,31)62-95(13,14)15)54-73(88(71)109)44-75-56-83(104(34,35)64-97(19,20)21)57-76(90(75)111)45-74-55-82(103(32,33)63-96(16,17)18)53-72(89(74)110)43-70-51-80(101(28,29)61-94(10,11)12)49-68(87(70)108)41-66-47-78(37-39-85(66)106)99(24,25)59-92(4,5)6/h36-39,46-57,105-111H,40-45,58-64H2,1-35H3. The number of benzene rings is 7. The summed E-state index contributed by atoms with van der Waals surface area (Å²) in [4.78, 5) is 0. The molecule has 0 aromatic heterocycles. The summed E-state index contributed by atoms with van der Waals surface area (Å²) in [6.07, 6.45) is 7.52. The first-order valence-electron chi connectivity index (χ1n) is 41.8. The Bertz CT molecular complexity index is 4190. The number of aromatic hydroxyl groups is 7. The normalized spacial score (nSPS) is 13.9. The maximum absolute atomic E-state index is 13.4. The van der Waals surface area contributed by atoms with Gasteiger partial charge in [0.05, 0.1) is 0 Å². The van der Waals surface area contributed by atoms with Gasteiger partial charge >= 0.3 is 0 Å². The highest BCUT2D eigenvalue weighted by Gasteiger charge is 2.38. The van der Waals surface area contributed by atoms with Crippen molar-refractivity contribution in [1.82, 2.24) is 0 Å². The van der Waals surface area contributed by atoms with Crippen molar-refractivity contribution in [2.75, 3.05) is 0 Å². The molecule has 0 saturated carbocycles. The predicted octanol–water partition coefficient (Wildman–Crippen LogP) is 28.2. The van der Waals surface area contributed by atoms with E-state index < -0.39 is 5.41 Å². The van der Waals surface area contributed by atoms with Crippen LogP contribution in [0.5, 0.6) is 40.2 Å². The molecule has 0 amide bonds. The molecule has 0 fully saturated rings. The molecule has 7 rings (SSSR count). The molecule has 612 valence electrons. The lowest BCUT2D eigenvalue weighted by molar-refractivity contribution is 0.283. The number of rotatable bonds is 26. The topological polar surface area (TPSA) is 142 Å². The number of hydrogen-bond acceptors (Lipinski definition) is 7. The third kappa shape index (κ3) is 24.6. The fourth-order valence-electron chi connectivity index (χ4n) is 20.6. The fraction of sp³-hybridized carbons (Fsp3) is 0.596. The summed E-state index contributed by atoms with van der Waals surface area (Å²) in [7, 11) is 0. The van der Waals surface area contributed by atoms with Crippen LogP contribution in [-0.4, -0.2) is 35.7 Å². The van der Waals surface area contributed by atoms with Gasteiger partial charge in [-0.05, 0) is 239 Å². The molecule has 7 N–H and O–H groups in total. The van der Waals surface area contributed by atoms with Crippen LogP contribution in [0.1, 0.15) is 393 Å². The highest BCUT2D eigenvalue weighted by Crippen LogP contribution is 2.50. The first-order valence-corrected chi connectivity index (χ1v) is 41.8. The first kappa shape index (κ1) is 91.3. The smallest absolute Gasteiger partial charge is 0.122 e. The summed E-state index contributed by atoms with van der Waals surface area (Å²) in [5, 5.41) is 89.4. The van der Waals surface area contributed by atoms with Gasteiger partial charge in [0.25, 0.3) is 0 Å². The Kier molecular flexibility index (Phi) is 26.1. The van der Waals surface area contributed by atoms with Crippen molar-refractivity contribution < 1.29 is 35.7 Å². The van der Waals surface area contributed by atoms with Crippen molar-refractivity contribution in [2.24, 2.45) is 37.9 Å². The quantitative estimate of drug-likeness (QED) is 0.0286. The van der Waals surface area contributed by atoms with Crippen LogP contribution in [0.25, 0.3) is 0 Å². The van der Waals surface area contributed by atoms with Gasteiger partial charge in [-0.25, -0.2) is 0 Å². The summed E-state index contributed by atoms with van der Waals surface area (Å²) in [5.41, 5.74) is 13.6. The van der Waals surface area contributed by atoms with E-state index in [-0.39, 0.29) is 136 Å². The number of hydrogen-bond donors (Lipinski definition) is 7. The Morgan fingerprint density at radius 3 is 0.414 bits per heavy atom. The van der Waals surface area contributed by atoms with Crippen LogP contribution in [0.15, 0.2) is 97.1 Å². The minimum absolute atomic E-state index is 0.0212. The van der Waals surface area contributed by atoms with Crippen LogP contribution < -0.4 is 0 Å². The Hall–Kier alpha value is -6.86. The average Bonchev–Trinajstić information content (AvgIpc) is 0.771. The molecule has 7 aromatic carbocycles. The van der Waals surface area contributed by atoms with E-state index >= 15 is 0 Å². The largest absolute Gasteiger partial charge is 0.508 e. The van der Waals surface area contributed by atoms with Crippen molar-refractivity contribution in [3.8, 4) is 40.2 Å². The van der Waals surface area contributed by atoms with Gasteiger partial charge in [-0.1, -0.05) is 327 Å². The number of phenolic OH excluding ortho intramolecular Hbond substituents is 7. The van der Waals surface area contributed by atoms with E-state index in [0.29, 0.717) is 68.5 Å². The molecule has 0 aliphatic heterocycles. The molecule has 7 nitrogen and oxygen atoms in total. The van der Waals surface area contributed by atoms with E-state index in [2.05, 4.69) is 315 Å². The minimum atomic E-state index is -0.396. The van der Waals surface area contributed by atoms with Crippen LogP contribution in [0, 0.1) is 37.9 Å². The molecule has 7 heteroatoms. The minimum Gasteiger partial charge on any atom is -0.508 e. The second-order valence-corrected chi connectivity index (χ2v) is 47.8. The van der Waals surface area contributed by atoms with Crippen molar-refractivity contribution >= 4 is 0 Å². The summed E-state index contributed by atoms with van der Waals surface area (Å²) in [5.74, 6) is 0.965. The monoisotopic (exact) mass is 1520 g/mol. The maximum atomic E-state index is 13.4. The van der Waals surface area contributed by atoms with Gasteiger partial charge < -0.3 is 35.7 Å². The highest BCUT2D eigenvalue weighted by molar-refractivity contribution is 5.60. The fourth-order valence-corrected chi connectivity index (χ4v) is 20.6. The third-order valence-corrected chi connectivity index (χ3v) is 23.1. The van der Waals surface area contributed by atoms with Gasteiger partial charge in [0.1, 0.15) is 40.2 Å². The van der Waals surface area contributed by atoms with Gasteiger partial charge in [-0.2, -0.15) is 0 Å². The third-order valence-electron chi connectivity index (χ3n) is 23.1. The number of phenols is 7. The van der Waals surface area contributed by atoms with Crippen molar-refractivity contribution in [2.45, 2.75) is 364 Å². The zero-order valence-electron chi connectivity index (χ0n) is 76.6. The van der Waals surface area contributed by atoms with Gasteiger partial charge in [0.2, 0.25) is 0 Å². The maximum Gasteiger partial charge on any atom is 0.122 e. The molecular weight excluding hydrogens is 1360 g/mol. The van der Waals surface area contributed by atoms with Crippen molar-refractivity contribution in [3.05, 3.63) is 203 Å². The summed E-state index contributed by atoms with van der Waals surface area (Å²) >= 11 is 0.